The lowest BCUT2D eigenvalue weighted by Gasteiger charge is -2.19. The molecule has 0 bridgehead atoms. The molecule has 19 heavy (non-hydrogen) atoms. The molecule has 0 aliphatic carbocycles. The molecular formula is C14H18BrClO3. The Hall–Kier alpha value is -0.290. The van der Waals surface area contributed by atoms with E-state index in [2.05, 4.69) is 28.1 Å². The maximum absolute atomic E-state index is 5.87. The van der Waals surface area contributed by atoms with Gasteiger partial charge in [0.1, 0.15) is 11.9 Å². The number of halogens is 2. The first-order chi connectivity index (χ1) is 9.26. The summed E-state index contributed by atoms with van der Waals surface area (Å²) in [7, 11) is 1.68. The molecule has 106 valence electrons. The third-order valence-corrected chi connectivity index (χ3v) is 3.93. The van der Waals surface area contributed by atoms with Gasteiger partial charge in [-0.25, -0.2) is 0 Å². The van der Waals surface area contributed by atoms with Crippen LogP contribution in [0.25, 0.3) is 0 Å². The van der Waals surface area contributed by atoms with E-state index in [0.29, 0.717) is 19.1 Å². The average molecular weight is 350 g/mol. The molecule has 0 spiro atoms. The maximum Gasteiger partial charge on any atom is 0.133 e. The van der Waals surface area contributed by atoms with E-state index in [4.69, 9.17) is 25.8 Å². The van der Waals surface area contributed by atoms with Crippen molar-refractivity contribution in [1.29, 1.82) is 0 Å². The van der Waals surface area contributed by atoms with Crippen LogP contribution in [0.2, 0.25) is 0 Å². The van der Waals surface area contributed by atoms with Gasteiger partial charge in [0, 0.05) is 12.5 Å². The Balaban J connectivity index is 2.22. The van der Waals surface area contributed by atoms with Crippen LogP contribution >= 0.6 is 27.5 Å². The Labute approximate surface area is 127 Å². The second-order valence-corrected chi connectivity index (χ2v) is 5.64. The lowest BCUT2D eigenvalue weighted by molar-refractivity contribution is -0.0120. The number of hydrogen-bond donors (Lipinski definition) is 0. The van der Waals surface area contributed by atoms with Gasteiger partial charge < -0.3 is 14.2 Å². The first-order valence-electron chi connectivity index (χ1n) is 6.38. The minimum absolute atomic E-state index is 0.0251. The van der Waals surface area contributed by atoms with Crippen LogP contribution in [0, 0.1) is 0 Å². The predicted octanol–water partition coefficient (Wildman–Crippen LogP) is 3.72. The van der Waals surface area contributed by atoms with Crippen molar-refractivity contribution < 1.29 is 14.2 Å². The zero-order chi connectivity index (χ0) is 13.7. The van der Waals surface area contributed by atoms with Crippen molar-refractivity contribution >= 4 is 27.5 Å². The van der Waals surface area contributed by atoms with Crippen molar-refractivity contribution in [3.8, 4) is 5.75 Å². The van der Waals surface area contributed by atoms with E-state index in [1.165, 1.54) is 11.1 Å². The van der Waals surface area contributed by atoms with E-state index in [-0.39, 0.29) is 6.10 Å². The van der Waals surface area contributed by atoms with Crippen LogP contribution in [-0.4, -0.2) is 32.8 Å². The molecule has 1 unspecified atom stereocenters. The van der Waals surface area contributed by atoms with E-state index in [0.717, 1.165) is 29.7 Å². The number of rotatable bonds is 5. The van der Waals surface area contributed by atoms with Crippen LogP contribution in [-0.2, 0) is 15.9 Å². The van der Waals surface area contributed by atoms with Gasteiger partial charge in [-0.1, -0.05) is 0 Å². The van der Waals surface area contributed by atoms with Gasteiger partial charge in [0.25, 0.3) is 0 Å². The van der Waals surface area contributed by atoms with Crippen LogP contribution in [0.5, 0.6) is 5.75 Å². The number of benzene rings is 1. The number of aryl methyl sites for hydroxylation is 1. The quantitative estimate of drug-likeness (QED) is 0.599. The van der Waals surface area contributed by atoms with Crippen LogP contribution in [0.15, 0.2) is 16.6 Å². The van der Waals surface area contributed by atoms with Gasteiger partial charge in [0.05, 0.1) is 24.8 Å². The first kappa shape index (κ1) is 15.1. The van der Waals surface area contributed by atoms with Gasteiger partial charge in [0.15, 0.2) is 0 Å². The minimum atomic E-state index is -0.0251. The summed E-state index contributed by atoms with van der Waals surface area (Å²) in [5.74, 6) is 1.37. The van der Waals surface area contributed by atoms with Crippen LogP contribution in [0.1, 0.15) is 23.7 Å². The third kappa shape index (κ3) is 3.85. The average Bonchev–Trinajstić information content (AvgIpc) is 2.61. The highest BCUT2D eigenvalue weighted by Gasteiger charge is 2.21. The molecule has 1 aliphatic rings. The van der Waals surface area contributed by atoms with Gasteiger partial charge in [-0.15, -0.1) is 11.6 Å². The molecule has 0 aromatic heterocycles. The van der Waals surface area contributed by atoms with E-state index in [9.17, 15) is 0 Å². The summed E-state index contributed by atoms with van der Waals surface area (Å²) >= 11 is 9.15. The van der Waals surface area contributed by atoms with Crippen molar-refractivity contribution in [3.05, 3.63) is 27.7 Å². The molecule has 1 aromatic carbocycles. The zero-order valence-electron chi connectivity index (χ0n) is 11.0. The molecule has 3 nitrogen and oxygen atoms in total. The Morgan fingerprint density at radius 3 is 3.05 bits per heavy atom. The largest absolute Gasteiger partial charge is 0.496 e. The van der Waals surface area contributed by atoms with E-state index < -0.39 is 0 Å². The second-order valence-electron chi connectivity index (χ2n) is 4.41. The summed E-state index contributed by atoms with van der Waals surface area (Å²) in [5, 5.41) is 0. The number of alkyl halides is 1. The second kappa shape index (κ2) is 7.48. The topological polar surface area (TPSA) is 27.7 Å². The van der Waals surface area contributed by atoms with Crippen LogP contribution in [0.3, 0.4) is 0 Å². The van der Waals surface area contributed by atoms with Gasteiger partial charge in [-0.2, -0.15) is 0 Å². The highest BCUT2D eigenvalue weighted by atomic mass is 79.9. The van der Waals surface area contributed by atoms with Crippen molar-refractivity contribution in [1.82, 2.24) is 0 Å². The fraction of sp³-hybridized carbons (Fsp3) is 0.571. The van der Waals surface area contributed by atoms with Gasteiger partial charge in [-0.3, -0.25) is 0 Å². The summed E-state index contributed by atoms with van der Waals surface area (Å²) in [6, 6.07) is 4.16. The molecular weight excluding hydrogens is 332 g/mol. The van der Waals surface area contributed by atoms with Crippen molar-refractivity contribution in [2.75, 3.05) is 32.8 Å². The monoisotopic (exact) mass is 348 g/mol. The summed E-state index contributed by atoms with van der Waals surface area (Å²) in [6.45, 7) is 1.84. The van der Waals surface area contributed by atoms with Crippen molar-refractivity contribution in [2.45, 2.75) is 18.9 Å². The van der Waals surface area contributed by atoms with E-state index in [1.807, 2.05) is 0 Å². The standard InChI is InChI=1S/C14H18BrClO3/c1-17-13-7-10-3-2-5-19-14(9-18-6-4-16)11(10)8-12(13)15/h7-8,14H,2-6,9H2,1H3. The highest BCUT2D eigenvalue weighted by Crippen LogP contribution is 2.35. The highest BCUT2D eigenvalue weighted by molar-refractivity contribution is 9.10. The fourth-order valence-electron chi connectivity index (χ4n) is 2.24. The van der Waals surface area contributed by atoms with Gasteiger partial charge in [-0.05, 0) is 52.0 Å². The Morgan fingerprint density at radius 2 is 2.32 bits per heavy atom. The predicted molar refractivity (Wildman–Crippen MR) is 79.2 cm³/mol. The SMILES string of the molecule is COc1cc2c(cc1Br)C(COCCCl)OCCC2. The molecule has 0 saturated carbocycles. The molecule has 0 radical (unpaired) electrons. The summed E-state index contributed by atoms with van der Waals surface area (Å²) < 4.78 is 17.7. The minimum Gasteiger partial charge on any atom is -0.496 e. The summed E-state index contributed by atoms with van der Waals surface area (Å²) in [5.41, 5.74) is 2.46. The van der Waals surface area contributed by atoms with Crippen LogP contribution < -0.4 is 4.74 Å². The first-order valence-corrected chi connectivity index (χ1v) is 7.70. The molecule has 0 N–H and O–H groups in total. The molecule has 1 heterocycles. The lowest BCUT2D eigenvalue weighted by atomic mass is 9.99. The van der Waals surface area contributed by atoms with E-state index >= 15 is 0 Å². The Kier molecular flexibility index (Phi) is 5.95. The zero-order valence-corrected chi connectivity index (χ0v) is 13.3. The smallest absolute Gasteiger partial charge is 0.133 e. The van der Waals surface area contributed by atoms with E-state index in [1.54, 1.807) is 7.11 Å². The number of hydrogen-bond acceptors (Lipinski definition) is 3. The Bertz CT molecular complexity index is 425. The van der Waals surface area contributed by atoms with Crippen LogP contribution in [0.4, 0.5) is 0 Å². The lowest BCUT2D eigenvalue weighted by Crippen LogP contribution is -2.13. The molecule has 5 heteroatoms. The molecule has 0 fully saturated rings. The molecule has 2 rings (SSSR count). The van der Waals surface area contributed by atoms with Gasteiger partial charge in [0.2, 0.25) is 0 Å². The third-order valence-electron chi connectivity index (χ3n) is 3.16. The van der Waals surface area contributed by atoms with Gasteiger partial charge >= 0.3 is 0 Å². The van der Waals surface area contributed by atoms with Crippen molar-refractivity contribution in [2.24, 2.45) is 0 Å². The molecule has 1 aliphatic heterocycles. The number of ether oxygens (including phenoxy) is 3. The number of methoxy groups -OCH3 is 1. The maximum atomic E-state index is 5.87. The number of fused-ring (bicyclic) bond motifs is 1. The summed E-state index contributed by atoms with van der Waals surface area (Å²) in [4.78, 5) is 0. The molecule has 1 aromatic rings. The Morgan fingerprint density at radius 1 is 1.47 bits per heavy atom. The molecule has 1 atom stereocenters. The molecule has 0 amide bonds. The van der Waals surface area contributed by atoms with Crippen molar-refractivity contribution in [3.63, 3.8) is 0 Å². The fourth-order valence-corrected chi connectivity index (χ4v) is 2.88. The normalized spacial score (nSPS) is 18.8. The molecule has 0 saturated heterocycles. The summed E-state index contributed by atoms with van der Waals surface area (Å²) in [6.07, 6.45) is 2.00.